The van der Waals surface area contributed by atoms with E-state index in [-0.39, 0.29) is 24.3 Å². The van der Waals surface area contributed by atoms with Crippen molar-refractivity contribution in [3.63, 3.8) is 0 Å². The van der Waals surface area contributed by atoms with Crippen molar-refractivity contribution in [1.82, 2.24) is 25.5 Å². The Morgan fingerprint density at radius 3 is 2.38 bits per heavy atom. The van der Waals surface area contributed by atoms with Crippen LogP contribution in [0.15, 0.2) is 61.1 Å². The molecule has 0 aliphatic carbocycles. The van der Waals surface area contributed by atoms with Gasteiger partial charge in [0.1, 0.15) is 11.2 Å². The molecule has 1 saturated heterocycles. The number of aryl methyl sites for hydroxylation is 1. The number of H-pyrrole nitrogens is 1. The summed E-state index contributed by atoms with van der Waals surface area (Å²) in [5.41, 5.74) is 3.05. The molecule has 9 heteroatoms. The molecule has 0 bridgehead atoms. The van der Waals surface area contributed by atoms with Crippen LogP contribution in [0.4, 0.5) is 4.79 Å². The van der Waals surface area contributed by atoms with E-state index in [0.29, 0.717) is 25.1 Å². The van der Waals surface area contributed by atoms with Crippen LogP contribution in [-0.4, -0.2) is 38.9 Å². The van der Waals surface area contributed by atoms with Crippen LogP contribution >= 0.6 is 0 Å². The van der Waals surface area contributed by atoms with E-state index in [4.69, 9.17) is 4.74 Å². The number of imide groups is 1. The summed E-state index contributed by atoms with van der Waals surface area (Å²) in [6.45, 7) is 8.37. The van der Waals surface area contributed by atoms with Gasteiger partial charge in [0.25, 0.3) is 0 Å². The van der Waals surface area contributed by atoms with Crippen LogP contribution in [0, 0.1) is 12.3 Å². The van der Waals surface area contributed by atoms with Gasteiger partial charge in [-0.2, -0.15) is 0 Å². The molecule has 3 aromatic rings. The van der Waals surface area contributed by atoms with Crippen molar-refractivity contribution in [1.29, 1.82) is 0 Å². The lowest BCUT2D eigenvalue weighted by Crippen LogP contribution is -2.73. The van der Waals surface area contributed by atoms with Crippen molar-refractivity contribution in [2.45, 2.75) is 78.6 Å². The molecule has 0 saturated carbocycles. The number of aromatic amines is 1. The first-order chi connectivity index (χ1) is 19.3. The molecule has 0 spiro atoms. The van der Waals surface area contributed by atoms with E-state index in [9.17, 15) is 14.4 Å². The molecule has 1 aliphatic heterocycles. The summed E-state index contributed by atoms with van der Waals surface area (Å²) in [6, 6.07) is 14.8. The number of rotatable bonds is 12. The monoisotopic (exact) mass is 545 g/mol. The molecule has 0 radical (unpaired) electrons. The maximum Gasteiger partial charge on any atom is 0.327 e. The number of aromatic nitrogens is 2. The highest BCUT2D eigenvalue weighted by atomic mass is 16.5. The van der Waals surface area contributed by atoms with Crippen LogP contribution in [0.2, 0.25) is 0 Å². The largest absolute Gasteiger partial charge is 0.469 e. The maximum absolute atomic E-state index is 13.5. The molecule has 2 heterocycles. The third kappa shape index (κ3) is 6.19. The van der Waals surface area contributed by atoms with Gasteiger partial charge in [-0.1, -0.05) is 69.2 Å². The smallest absolute Gasteiger partial charge is 0.327 e. The van der Waals surface area contributed by atoms with Crippen molar-refractivity contribution in [3.05, 3.63) is 83.4 Å². The van der Waals surface area contributed by atoms with Crippen molar-refractivity contribution >= 4 is 17.8 Å². The van der Waals surface area contributed by atoms with Gasteiger partial charge in [-0.05, 0) is 49.4 Å². The molecule has 1 fully saturated rings. The Labute approximate surface area is 235 Å². The van der Waals surface area contributed by atoms with Gasteiger partial charge in [-0.3, -0.25) is 9.59 Å². The lowest BCUT2D eigenvalue weighted by molar-refractivity contribution is -0.191. The zero-order valence-electron chi connectivity index (χ0n) is 23.7. The molecule has 2 aromatic carbocycles. The lowest BCUT2D eigenvalue weighted by atomic mass is 9.72. The second-order valence-electron chi connectivity index (χ2n) is 10.4. The van der Waals surface area contributed by atoms with Crippen LogP contribution in [0.3, 0.4) is 0 Å². The van der Waals surface area contributed by atoms with E-state index in [2.05, 4.69) is 27.5 Å². The van der Waals surface area contributed by atoms with Crippen molar-refractivity contribution in [2.75, 3.05) is 0 Å². The third-order valence-electron chi connectivity index (χ3n) is 7.75. The molecule has 1 unspecified atom stereocenters. The fourth-order valence-corrected chi connectivity index (χ4v) is 5.16. The summed E-state index contributed by atoms with van der Waals surface area (Å²) >= 11 is 0. The minimum Gasteiger partial charge on any atom is -0.469 e. The minimum atomic E-state index is -0.763. The molecule has 212 valence electrons. The summed E-state index contributed by atoms with van der Waals surface area (Å²) in [4.78, 5) is 47.1. The highest BCUT2D eigenvalue weighted by Gasteiger charge is 2.63. The molecule has 3 N–H and O–H groups in total. The number of ether oxygens (including phenoxy) is 1. The first kappa shape index (κ1) is 28.9. The number of nitrogens with zero attached hydrogens (tertiary/aromatic N) is 2. The summed E-state index contributed by atoms with van der Waals surface area (Å²) in [6.07, 6.45) is 5.46. The van der Waals surface area contributed by atoms with E-state index < -0.39 is 17.7 Å². The van der Waals surface area contributed by atoms with E-state index >= 15 is 0 Å². The second-order valence-corrected chi connectivity index (χ2v) is 10.4. The summed E-state index contributed by atoms with van der Waals surface area (Å²) in [5, 5.41) is 5.97. The Morgan fingerprint density at radius 2 is 1.77 bits per heavy atom. The van der Waals surface area contributed by atoms with Gasteiger partial charge in [0, 0.05) is 18.4 Å². The number of hydrogen-bond acceptors (Lipinski definition) is 5. The standard InChI is InChI=1S/C31H39N5O4/c1-5-8-26(23-13-9-21(4)10-14-23)35-30(39)36-28(38)31(6-2,7-3)29(36)40-25-15-11-22(12-16-25)18-33-27(37)17-24-19-32-20-34-24/h9-16,19-20,26,29H,5-8,17-18H2,1-4H3,(H,32,34)(H,33,37)(H,35,39)/t26?,29-/m0/s1. The fraction of sp³-hybridized carbons (Fsp3) is 0.419. The van der Waals surface area contributed by atoms with Crippen LogP contribution in [0.25, 0.3) is 0 Å². The predicted molar refractivity (Wildman–Crippen MR) is 152 cm³/mol. The summed E-state index contributed by atoms with van der Waals surface area (Å²) in [7, 11) is 0. The second kappa shape index (κ2) is 12.8. The molecule has 4 amide bonds. The number of urea groups is 1. The Bertz CT molecular complexity index is 1280. The van der Waals surface area contributed by atoms with E-state index in [1.54, 1.807) is 24.7 Å². The molecule has 1 aliphatic rings. The van der Waals surface area contributed by atoms with Crippen LogP contribution < -0.4 is 15.4 Å². The van der Waals surface area contributed by atoms with Gasteiger partial charge >= 0.3 is 6.03 Å². The molecule has 9 nitrogen and oxygen atoms in total. The molecular weight excluding hydrogens is 506 g/mol. The van der Waals surface area contributed by atoms with E-state index in [1.165, 1.54) is 4.90 Å². The Hall–Kier alpha value is -4.14. The number of carbonyl (C=O) groups is 3. The average Bonchev–Trinajstić information content (AvgIpc) is 3.46. The van der Waals surface area contributed by atoms with Gasteiger partial charge in [0.05, 0.1) is 18.8 Å². The number of nitrogens with one attached hydrogen (secondary N) is 3. The minimum absolute atomic E-state index is 0.109. The number of imidazole rings is 1. The molecule has 4 rings (SSSR count). The Kier molecular flexibility index (Phi) is 9.24. The average molecular weight is 546 g/mol. The number of β-lactam (4-membered cyclic amide) rings is 1. The summed E-state index contributed by atoms with van der Waals surface area (Å²) in [5.74, 6) is 0.232. The fourth-order valence-electron chi connectivity index (χ4n) is 5.16. The predicted octanol–water partition coefficient (Wildman–Crippen LogP) is 5.18. The van der Waals surface area contributed by atoms with Crippen molar-refractivity contribution in [3.8, 4) is 5.75 Å². The number of benzene rings is 2. The number of carbonyl (C=O) groups excluding carboxylic acids is 3. The summed E-state index contributed by atoms with van der Waals surface area (Å²) < 4.78 is 6.31. The van der Waals surface area contributed by atoms with E-state index in [1.807, 2.05) is 57.2 Å². The Balaban J connectivity index is 1.43. The van der Waals surface area contributed by atoms with Crippen molar-refractivity contribution < 1.29 is 19.1 Å². The first-order valence-corrected chi connectivity index (χ1v) is 14.0. The first-order valence-electron chi connectivity index (χ1n) is 14.0. The van der Waals surface area contributed by atoms with Crippen molar-refractivity contribution in [2.24, 2.45) is 5.41 Å². The number of amides is 4. The molecule has 1 aromatic heterocycles. The van der Waals surface area contributed by atoms with Crippen LogP contribution in [0.1, 0.15) is 74.9 Å². The van der Waals surface area contributed by atoms with E-state index in [0.717, 1.165) is 35.2 Å². The quantitative estimate of drug-likeness (QED) is 0.271. The highest BCUT2D eigenvalue weighted by Crippen LogP contribution is 2.46. The molecule has 2 atom stereocenters. The van der Waals surface area contributed by atoms with Gasteiger partial charge in [0.15, 0.2) is 6.23 Å². The zero-order valence-corrected chi connectivity index (χ0v) is 23.7. The third-order valence-corrected chi connectivity index (χ3v) is 7.75. The van der Waals surface area contributed by atoms with Gasteiger partial charge in [0.2, 0.25) is 11.8 Å². The van der Waals surface area contributed by atoms with Crippen LogP contribution in [0.5, 0.6) is 5.75 Å². The normalized spacial score (nSPS) is 16.6. The number of likely N-dealkylation sites (tertiary alicyclic amines) is 1. The highest BCUT2D eigenvalue weighted by molar-refractivity contribution is 6.03. The molecular formula is C31H39N5O4. The van der Waals surface area contributed by atoms with Gasteiger partial charge in [-0.25, -0.2) is 14.7 Å². The van der Waals surface area contributed by atoms with Crippen LogP contribution in [-0.2, 0) is 22.6 Å². The number of hydrogen-bond donors (Lipinski definition) is 3. The maximum atomic E-state index is 13.5. The topological polar surface area (TPSA) is 116 Å². The van der Waals surface area contributed by atoms with Gasteiger partial charge < -0.3 is 20.4 Å². The SMILES string of the molecule is CCCC(NC(=O)N1C(=O)C(CC)(CC)[C@@H]1Oc1ccc(CNC(=O)Cc2cnc[nH]2)cc1)c1ccc(C)cc1. The van der Waals surface area contributed by atoms with Gasteiger partial charge in [-0.15, -0.1) is 0 Å². The Morgan fingerprint density at radius 1 is 1.07 bits per heavy atom. The zero-order chi connectivity index (χ0) is 28.7. The molecule has 40 heavy (non-hydrogen) atoms. The lowest BCUT2D eigenvalue weighted by Gasteiger charge is -2.53.